The lowest BCUT2D eigenvalue weighted by atomic mass is 10.2. The van der Waals surface area contributed by atoms with E-state index in [1.54, 1.807) is 13.3 Å². The first-order chi connectivity index (χ1) is 7.88. The Bertz CT molecular complexity index is 328. The minimum Gasteiger partial charge on any atom is -0.364 e. The quantitative estimate of drug-likeness (QED) is 0.597. The van der Waals surface area contributed by atoms with Gasteiger partial charge in [0.1, 0.15) is 12.0 Å². The Morgan fingerprint density at radius 3 is 3.00 bits per heavy atom. The monoisotopic (exact) mass is 222 g/mol. The van der Waals surface area contributed by atoms with Crippen LogP contribution in [0.2, 0.25) is 0 Å². The fourth-order valence-electron chi connectivity index (χ4n) is 1.96. The summed E-state index contributed by atoms with van der Waals surface area (Å²) in [6.07, 6.45) is 6.69. The van der Waals surface area contributed by atoms with Crippen LogP contribution in [0.25, 0.3) is 0 Å². The first-order valence-corrected chi connectivity index (χ1v) is 5.75. The van der Waals surface area contributed by atoms with Gasteiger partial charge in [-0.1, -0.05) is 18.0 Å². The normalized spacial score (nSPS) is 17.7. The molecule has 0 radical (unpaired) electrons. The Balaban J connectivity index is 1.77. The molecule has 0 amide bonds. The maximum atomic E-state index is 4.76. The van der Waals surface area contributed by atoms with Gasteiger partial charge in [-0.25, -0.2) is 0 Å². The molecule has 1 aliphatic carbocycles. The Morgan fingerprint density at radius 2 is 2.38 bits per heavy atom. The lowest BCUT2D eigenvalue weighted by Gasteiger charge is -2.16. The lowest BCUT2D eigenvalue weighted by molar-refractivity contribution is 0.410. The van der Waals surface area contributed by atoms with Gasteiger partial charge in [0, 0.05) is 19.2 Å². The van der Waals surface area contributed by atoms with Crippen molar-refractivity contribution in [2.24, 2.45) is 4.99 Å². The maximum absolute atomic E-state index is 4.76. The van der Waals surface area contributed by atoms with E-state index in [1.165, 1.54) is 25.7 Å². The summed E-state index contributed by atoms with van der Waals surface area (Å²) in [4.78, 5) is 4.19. The van der Waals surface area contributed by atoms with Crippen molar-refractivity contribution in [3.63, 3.8) is 0 Å². The molecule has 1 aliphatic rings. The average molecular weight is 222 g/mol. The van der Waals surface area contributed by atoms with Crippen molar-refractivity contribution in [3.05, 3.63) is 18.0 Å². The van der Waals surface area contributed by atoms with E-state index in [4.69, 9.17) is 4.52 Å². The van der Waals surface area contributed by atoms with Gasteiger partial charge in [0.25, 0.3) is 0 Å². The molecule has 0 atom stereocenters. The Labute approximate surface area is 95.3 Å². The minimum atomic E-state index is 0.573. The SMILES string of the molecule is CN=C(NCc1ccon1)NC1CCCC1. The van der Waals surface area contributed by atoms with E-state index in [0.29, 0.717) is 12.6 Å². The van der Waals surface area contributed by atoms with Crippen molar-refractivity contribution in [3.8, 4) is 0 Å². The van der Waals surface area contributed by atoms with Gasteiger partial charge in [-0.3, -0.25) is 4.99 Å². The smallest absolute Gasteiger partial charge is 0.191 e. The zero-order chi connectivity index (χ0) is 11.2. The van der Waals surface area contributed by atoms with E-state index in [1.807, 2.05) is 6.07 Å². The van der Waals surface area contributed by atoms with E-state index in [0.717, 1.165) is 11.7 Å². The van der Waals surface area contributed by atoms with Crippen LogP contribution in [0.3, 0.4) is 0 Å². The van der Waals surface area contributed by atoms with Crippen LogP contribution in [0.15, 0.2) is 21.8 Å². The number of nitrogens with one attached hydrogen (secondary N) is 2. The van der Waals surface area contributed by atoms with Crippen LogP contribution in [0, 0.1) is 0 Å². The maximum Gasteiger partial charge on any atom is 0.191 e. The molecule has 1 saturated carbocycles. The largest absolute Gasteiger partial charge is 0.364 e. The fourth-order valence-corrected chi connectivity index (χ4v) is 1.96. The Kier molecular flexibility index (Phi) is 3.80. The van der Waals surface area contributed by atoms with Crippen LogP contribution in [-0.4, -0.2) is 24.2 Å². The topological polar surface area (TPSA) is 62.5 Å². The summed E-state index contributed by atoms with van der Waals surface area (Å²) in [5, 5.41) is 10.5. The summed E-state index contributed by atoms with van der Waals surface area (Å²) in [5.74, 6) is 0.843. The van der Waals surface area contributed by atoms with E-state index in [-0.39, 0.29) is 0 Å². The van der Waals surface area contributed by atoms with Crippen LogP contribution in [-0.2, 0) is 6.54 Å². The highest BCUT2D eigenvalue weighted by molar-refractivity contribution is 5.79. The molecule has 0 saturated heterocycles. The standard InChI is InChI=1S/C11H18N4O/c1-12-11(14-9-4-2-3-5-9)13-8-10-6-7-16-15-10/h6-7,9H,2-5,8H2,1H3,(H2,12,13,14). The summed E-state index contributed by atoms with van der Waals surface area (Å²) in [5.41, 5.74) is 0.884. The molecular formula is C11H18N4O. The van der Waals surface area contributed by atoms with Crippen LogP contribution in [0.4, 0.5) is 0 Å². The van der Waals surface area contributed by atoms with Crippen LogP contribution in [0.5, 0.6) is 0 Å². The summed E-state index contributed by atoms with van der Waals surface area (Å²) in [6, 6.07) is 2.42. The first-order valence-electron chi connectivity index (χ1n) is 5.75. The fraction of sp³-hybridized carbons (Fsp3) is 0.636. The van der Waals surface area contributed by atoms with Crippen LogP contribution >= 0.6 is 0 Å². The van der Waals surface area contributed by atoms with Crippen molar-refractivity contribution < 1.29 is 4.52 Å². The number of hydrogen-bond acceptors (Lipinski definition) is 3. The zero-order valence-electron chi connectivity index (χ0n) is 9.57. The third kappa shape index (κ3) is 2.98. The third-order valence-electron chi connectivity index (χ3n) is 2.85. The molecule has 1 aromatic heterocycles. The molecule has 0 unspecified atom stereocenters. The minimum absolute atomic E-state index is 0.573. The Morgan fingerprint density at radius 1 is 1.56 bits per heavy atom. The van der Waals surface area contributed by atoms with Crippen LogP contribution < -0.4 is 10.6 Å². The third-order valence-corrected chi connectivity index (χ3v) is 2.85. The highest BCUT2D eigenvalue weighted by atomic mass is 16.5. The molecule has 0 aromatic carbocycles. The molecule has 2 rings (SSSR count). The molecule has 0 aliphatic heterocycles. The lowest BCUT2D eigenvalue weighted by Crippen LogP contribution is -2.41. The number of guanidine groups is 1. The van der Waals surface area contributed by atoms with Crippen LogP contribution in [0.1, 0.15) is 31.4 Å². The molecule has 88 valence electrons. The second-order valence-electron chi connectivity index (χ2n) is 4.04. The Hall–Kier alpha value is -1.52. The molecule has 0 bridgehead atoms. The second-order valence-corrected chi connectivity index (χ2v) is 4.04. The molecular weight excluding hydrogens is 204 g/mol. The first kappa shape index (κ1) is 11.0. The number of nitrogens with zero attached hydrogens (tertiary/aromatic N) is 2. The highest BCUT2D eigenvalue weighted by Crippen LogP contribution is 2.17. The predicted octanol–water partition coefficient (Wildman–Crippen LogP) is 1.28. The molecule has 5 nitrogen and oxygen atoms in total. The van der Waals surface area contributed by atoms with E-state index in [2.05, 4.69) is 20.8 Å². The van der Waals surface area contributed by atoms with Crippen molar-refractivity contribution >= 4 is 5.96 Å². The van der Waals surface area contributed by atoms with Gasteiger partial charge in [-0.2, -0.15) is 0 Å². The molecule has 16 heavy (non-hydrogen) atoms. The molecule has 1 aromatic rings. The van der Waals surface area contributed by atoms with E-state index >= 15 is 0 Å². The number of hydrogen-bond donors (Lipinski definition) is 2. The summed E-state index contributed by atoms with van der Waals surface area (Å²) < 4.78 is 4.76. The van der Waals surface area contributed by atoms with Crippen molar-refractivity contribution in [1.29, 1.82) is 0 Å². The van der Waals surface area contributed by atoms with E-state index < -0.39 is 0 Å². The van der Waals surface area contributed by atoms with Gasteiger partial charge in [-0.05, 0) is 12.8 Å². The van der Waals surface area contributed by atoms with Gasteiger partial charge < -0.3 is 15.2 Å². The molecule has 2 N–H and O–H groups in total. The van der Waals surface area contributed by atoms with Gasteiger partial charge in [0.05, 0.1) is 6.54 Å². The number of aliphatic imine (C=N–C) groups is 1. The summed E-state index contributed by atoms with van der Waals surface area (Å²) in [7, 11) is 1.78. The zero-order valence-corrected chi connectivity index (χ0v) is 9.57. The summed E-state index contributed by atoms with van der Waals surface area (Å²) >= 11 is 0. The molecule has 1 heterocycles. The highest BCUT2D eigenvalue weighted by Gasteiger charge is 2.15. The molecule has 5 heteroatoms. The predicted molar refractivity (Wildman–Crippen MR) is 62.1 cm³/mol. The van der Waals surface area contributed by atoms with Gasteiger partial charge in [0.15, 0.2) is 5.96 Å². The van der Waals surface area contributed by atoms with Gasteiger partial charge in [-0.15, -0.1) is 0 Å². The summed E-state index contributed by atoms with van der Waals surface area (Å²) in [6.45, 7) is 0.642. The van der Waals surface area contributed by atoms with Crippen molar-refractivity contribution in [1.82, 2.24) is 15.8 Å². The van der Waals surface area contributed by atoms with Crippen molar-refractivity contribution in [2.75, 3.05) is 7.05 Å². The average Bonchev–Trinajstić information content (AvgIpc) is 2.97. The number of rotatable bonds is 3. The van der Waals surface area contributed by atoms with Crippen molar-refractivity contribution in [2.45, 2.75) is 38.3 Å². The van der Waals surface area contributed by atoms with E-state index in [9.17, 15) is 0 Å². The molecule has 1 fully saturated rings. The number of aromatic nitrogens is 1. The van der Waals surface area contributed by atoms with Gasteiger partial charge in [0.2, 0.25) is 0 Å². The van der Waals surface area contributed by atoms with Gasteiger partial charge >= 0.3 is 0 Å². The molecule has 0 spiro atoms. The second kappa shape index (κ2) is 5.53.